The normalized spacial score (nSPS) is 14.1. The van der Waals surface area contributed by atoms with Crippen LogP contribution < -0.4 is 11.1 Å². The monoisotopic (exact) mass is 268 g/mol. The van der Waals surface area contributed by atoms with Crippen LogP contribution >= 0.6 is 0 Å². The maximum Gasteiger partial charge on any atom is 0.131 e. The standard InChI is InChI=1S/C16H20N4/c1-11-2-4-12(5-3-11)6-7-15-19-14-8-9-18-10-13(14)16(17)20-15/h2-5,18H,6-10H2,1H3,(H2,17,19,20). The van der Waals surface area contributed by atoms with Crippen LogP contribution in [0.15, 0.2) is 24.3 Å². The summed E-state index contributed by atoms with van der Waals surface area (Å²) < 4.78 is 0. The number of benzene rings is 1. The zero-order valence-corrected chi connectivity index (χ0v) is 11.8. The van der Waals surface area contributed by atoms with E-state index in [0.717, 1.165) is 49.4 Å². The van der Waals surface area contributed by atoms with Crippen LogP contribution in [0.5, 0.6) is 0 Å². The molecule has 1 aromatic heterocycles. The molecule has 0 bridgehead atoms. The molecule has 4 nitrogen and oxygen atoms in total. The summed E-state index contributed by atoms with van der Waals surface area (Å²) in [4.78, 5) is 9.12. The minimum absolute atomic E-state index is 0.640. The van der Waals surface area contributed by atoms with E-state index in [2.05, 4.69) is 46.5 Å². The molecule has 1 aromatic carbocycles. The number of nitrogens with zero attached hydrogens (tertiary/aromatic N) is 2. The molecule has 0 aliphatic carbocycles. The minimum Gasteiger partial charge on any atom is -0.383 e. The van der Waals surface area contributed by atoms with Gasteiger partial charge in [0, 0.05) is 31.5 Å². The Kier molecular flexibility index (Phi) is 3.65. The molecular formula is C16H20N4. The van der Waals surface area contributed by atoms with Gasteiger partial charge in [0.05, 0.1) is 5.69 Å². The molecule has 104 valence electrons. The predicted molar refractivity (Wildman–Crippen MR) is 80.4 cm³/mol. The van der Waals surface area contributed by atoms with Gasteiger partial charge in [-0.05, 0) is 18.9 Å². The predicted octanol–water partition coefficient (Wildman–Crippen LogP) is 1.80. The number of aryl methyl sites for hydroxylation is 3. The number of hydrogen-bond acceptors (Lipinski definition) is 4. The van der Waals surface area contributed by atoms with Crippen molar-refractivity contribution in [2.45, 2.75) is 32.7 Å². The number of nitrogens with one attached hydrogen (secondary N) is 1. The van der Waals surface area contributed by atoms with E-state index in [4.69, 9.17) is 5.73 Å². The Morgan fingerprint density at radius 2 is 1.95 bits per heavy atom. The van der Waals surface area contributed by atoms with E-state index >= 15 is 0 Å². The average molecular weight is 268 g/mol. The van der Waals surface area contributed by atoms with Gasteiger partial charge in [-0.1, -0.05) is 29.8 Å². The van der Waals surface area contributed by atoms with Crippen molar-refractivity contribution in [3.05, 3.63) is 52.5 Å². The molecule has 0 amide bonds. The molecule has 3 N–H and O–H groups in total. The van der Waals surface area contributed by atoms with Gasteiger partial charge < -0.3 is 11.1 Å². The molecule has 4 heteroatoms. The molecule has 0 fully saturated rings. The quantitative estimate of drug-likeness (QED) is 0.891. The first-order valence-electron chi connectivity index (χ1n) is 7.13. The second-order valence-corrected chi connectivity index (χ2v) is 5.36. The number of nitrogen functional groups attached to an aromatic ring is 1. The fraction of sp³-hybridized carbons (Fsp3) is 0.375. The molecule has 0 saturated heterocycles. The minimum atomic E-state index is 0.640. The maximum atomic E-state index is 6.04. The number of nitrogens with two attached hydrogens (primary N) is 1. The highest BCUT2D eigenvalue weighted by atomic mass is 15.0. The third kappa shape index (κ3) is 2.80. The van der Waals surface area contributed by atoms with E-state index < -0.39 is 0 Å². The molecular weight excluding hydrogens is 248 g/mol. The molecule has 1 aliphatic heterocycles. The van der Waals surface area contributed by atoms with Crippen molar-refractivity contribution in [1.82, 2.24) is 15.3 Å². The third-order valence-corrected chi connectivity index (χ3v) is 3.77. The Bertz CT molecular complexity index is 605. The van der Waals surface area contributed by atoms with Crippen LogP contribution in [0.3, 0.4) is 0 Å². The highest BCUT2D eigenvalue weighted by Crippen LogP contribution is 2.18. The summed E-state index contributed by atoms with van der Waals surface area (Å²) in [5, 5.41) is 3.30. The molecule has 0 atom stereocenters. The summed E-state index contributed by atoms with van der Waals surface area (Å²) >= 11 is 0. The maximum absolute atomic E-state index is 6.04. The van der Waals surface area contributed by atoms with Gasteiger partial charge in [0.1, 0.15) is 11.6 Å². The van der Waals surface area contributed by atoms with Crippen LogP contribution in [0, 0.1) is 6.92 Å². The summed E-state index contributed by atoms with van der Waals surface area (Å²) in [7, 11) is 0. The van der Waals surface area contributed by atoms with Crippen LogP contribution in [-0.4, -0.2) is 16.5 Å². The van der Waals surface area contributed by atoms with Crippen molar-refractivity contribution in [1.29, 1.82) is 0 Å². The van der Waals surface area contributed by atoms with Gasteiger partial charge in [-0.3, -0.25) is 0 Å². The number of aromatic nitrogens is 2. The van der Waals surface area contributed by atoms with Gasteiger partial charge in [0.25, 0.3) is 0 Å². The Morgan fingerprint density at radius 1 is 1.15 bits per heavy atom. The van der Waals surface area contributed by atoms with Crippen molar-refractivity contribution in [2.75, 3.05) is 12.3 Å². The lowest BCUT2D eigenvalue weighted by Gasteiger charge is -2.18. The van der Waals surface area contributed by atoms with Crippen LogP contribution in [-0.2, 0) is 25.8 Å². The largest absolute Gasteiger partial charge is 0.383 e. The smallest absolute Gasteiger partial charge is 0.131 e. The van der Waals surface area contributed by atoms with E-state index in [1.807, 2.05) is 0 Å². The van der Waals surface area contributed by atoms with Gasteiger partial charge in [0.2, 0.25) is 0 Å². The Labute approximate surface area is 119 Å². The number of rotatable bonds is 3. The molecule has 0 spiro atoms. The summed E-state index contributed by atoms with van der Waals surface area (Å²) in [6.45, 7) is 3.87. The summed E-state index contributed by atoms with van der Waals surface area (Å²) in [5.41, 5.74) is 10.8. The zero-order chi connectivity index (χ0) is 13.9. The fourth-order valence-electron chi connectivity index (χ4n) is 2.54. The molecule has 0 unspecified atom stereocenters. The fourth-order valence-corrected chi connectivity index (χ4v) is 2.54. The SMILES string of the molecule is Cc1ccc(CCc2nc(N)c3c(n2)CCNC3)cc1. The lowest BCUT2D eigenvalue weighted by atomic mass is 10.1. The van der Waals surface area contributed by atoms with Gasteiger partial charge in [-0.25, -0.2) is 9.97 Å². The van der Waals surface area contributed by atoms with Gasteiger partial charge in [-0.15, -0.1) is 0 Å². The summed E-state index contributed by atoms with van der Waals surface area (Å²) in [6, 6.07) is 8.62. The van der Waals surface area contributed by atoms with Crippen molar-refractivity contribution < 1.29 is 0 Å². The Morgan fingerprint density at radius 3 is 2.75 bits per heavy atom. The first-order chi connectivity index (χ1) is 9.72. The van der Waals surface area contributed by atoms with Gasteiger partial charge in [0.15, 0.2) is 0 Å². The summed E-state index contributed by atoms with van der Waals surface area (Å²) in [5.74, 6) is 1.50. The molecule has 20 heavy (non-hydrogen) atoms. The molecule has 0 saturated carbocycles. The lowest BCUT2D eigenvalue weighted by molar-refractivity contribution is 0.621. The number of anilines is 1. The van der Waals surface area contributed by atoms with Crippen molar-refractivity contribution in [3.8, 4) is 0 Å². The van der Waals surface area contributed by atoms with Crippen LogP contribution in [0.2, 0.25) is 0 Å². The van der Waals surface area contributed by atoms with Crippen LogP contribution in [0.4, 0.5) is 5.82 Å². The van der Waals surface area contributed by atoms with E-state index in [0.29, 0.717) is 5.82 Å². The van der Waals surface area contributed by atoms with E-state index in [-0.39, 0.29) is 0 Å². The molecule has 2 heterocycles. The Hall–Kier alpha value is -1.94. The first-order valence-corrected chi connectivity index (χ1v) is 7.13. The lowest BCUT2D eigenvalue weighted by Crippen LogP contribution is -2.26. The Balaban J connectivity index is 1.74. The average Bonchev–Trinajstić information content (AvgIpc) is 2.47. The van der Waals surface area contributed by atoms with Gasteiger partial charge >= 0.3 is 0 Å². The highest BCUT2D eigenvalue weighted by molar-refractivity contribution is 5.43. The number of fused-ring (bicyclic) bond motifs is 1. The molecule has 2 aromatic rings. The topological polar surface area (TPSA) is 63.8 Å². The second-order valence-electron chi connectivity index (χ2n) is 5.36. The van der Waals surface area contributed by atoms with Crippen molar-refractivity contribution in [2.24, 2.45) is 0 Å². The zero-order valence-electron chi connectivity index (χ0n) is 11.8. The van der Waals surface area contributed by atoms with E-state index in [1.54, 1.807) is 0 Å². The van der Waals surface area contributed by atoms with E-state index in [1.165, 1.54) is 11.1 Å². The van der Waals surface area contributed by atoms with Gasteiger partial charge in [-0.2, -0.15) is 0 Å². The van der Waals surface area contributed by atoms with Crippen molar-refractivity contribution >= 4 is 5.82 Å². The highest BCUT2D eigenvalue weighted by Gasteiger charge is 2.15. The van der Waals surface area contributed by atoms with Crippen molar-refractivity contribution in [3.63, 3.8) is 0 Å². The third-order valence-electron chi connectivity index (χ3n) is 3.77. The number of hydrogen-bond donors (Lipinski definition) is 2. The van der Waals surface area contributed by atoms with Crippen LogP contribution in [0.25, 0.3) is 0 Å². The molecule has 3 rings (SSSR count). The van der Waals surface area contributed by atoms with E-state index in [9.17, 15) is 0 Å². The molecule has 0 radical (unpaired) electrons. The molecule has 1 aliphatic rings. The second kappa shape index (κ2) is 5.59. The summed E-state index contributed by atoms with van der Waals surface area (Å²) in [6.07, 6.45) is 2.74. The first kappa shape index (κ1) is 13.1. The van der Waals surface area contributed by atoms with Crippen LogP contribution in [0.1, 0.15) is 28.2 Å².